The number of piperazine rings is 1. The molecule has 0 radical (unpaired) electrons. The highest BCUT2D eigenvalue weighted by Crippen LogP contribution is 2.19. The molecule has 24 heavy (non-hydrogen) atoms. The maximum Gasteiger partial charge on any atom is 0.254 e. The highest BCUT2D eigenvalue weighted by atomic mass is 16.2. The van der Waals surface area contributed by atoms with Gasteiger partial charge in [-0.2, -0.15) is 0 Å². The van der Waals surface area contributed by atoms with Gasteiger partial charge in [0, 0.05) is 19.5 Å². The van der Waals surface area contributed by atoms with Crippen molar-refractivity contribution in [3.05, 3.63) is 29.8 Å². The molecule has 1 aromatic rings. The normalized spacial score (nSPS) is 20.4. The fourth-order valence-electron chi connectivity index (χ4n) is 2.79. The minimum Gasteiger partial charge on any atom is -0.353 e. The standard InChI is InChI=1S/C16H18N4O4/c21-13-9-20(8-7-17-13)14(22)6-5-12-16(24)18-11-4-2-1-3-10(11)15(23)19-12/h1-4,12H,5-9H2,(H,17,21)(H,18,24)(H,19,23). The van der Waals surface area contributed by atoms with E-state index in [0.717, 1.165) is 0 Å². The van der Waals surface area contributed by atoms with Gasteiger partial charge >= 0.3 is 0 Å². The molecule has 126 valence electrons. The Kier molecular flexibility index (Phi) is 4.45. The lowest BCUT2D eigenvalue weighted by Crippen LogP contribution is -2.50. The van der Waals surface area contributed by atoms with Crippen LogP contribution >= 0.6 is 0 Å². The van der Waals surface area contributed by atoms with E-state index in [4.69, 9.17) is 0 Å². The number of benzene rings is 1. The summed E-state index contributed by atoms with van der Waals surface area (Å²) in [5.74, 6) is -1.09. The average molecular weight is 330 g/mol. The van der Waals surface area contributed by atoms with Gasteiger partial charge in [0.2, 0.25) is 17.7 Å². The topological polar surface area (TPSA) is 108 Å². The lowest BCUT2D eigenvalue weighted by atomic mass is 10.1. The summed E-state index contributed by atoms with van der Waals surface area (Å²) >= 11 is 0. The van der Waals surface area contributed by atoms with Crippen LogP contribution in [0.15, 0.2) is 24.3 Å². The van der Waals surface area contributed by atoms with Crippen molar-refractivity contribution >= 4 is 29.3 Å². The third-order valence-corrected chi connectivity index (χ3v) is 4.09. The zero-order valence-corrected chi connectivity index (χ0v) is 13.0. The number of anilines is 1. The molecule has 1 fully saturated rings. The number of carbonyl (C=O) groups is 4. The lowest BCUT2D eigenvalue weighted by molar-refractivity contribution is -0.138. The zero-order valence-electron chi connectivity index (χ0n) is 13.0. The van der Waals surface area contributed by atoms with Crippen LogP contribution < -0.4 is 16.0 Å². The molecule has 1 atom stereocenters. The van der Waals surface area contributed by atoms with Crippen LogP contribution in [0.2, 0.25) is 0 Å². The minimum atomic E-state index is -0.785. The highest BCUT2D eigenvalue weighted by molar-refractivity contribution is 6.09. The molecule has 8 nitrogen and oxygen atoms in total. The van der Waals surface area contributed by atoms with Gasteiger partial charge in [0.1, 0.15) is 6.04 Å². The number of hydrogen-bond acceptors (Lipinski definition) is 4. The summed E-state index contributed by atoms with van der Waals surface area (Å²) in [6.45, 7) is 0.924. The second-order valence-corrected chi connectivity index (χ2v) is 5.76. The van der Waals surface area contributed by atoms with Crippen LogP contribution in [-0.2, 0) is 14.4 Å². The van der Waals surface area contributed by atoms with E-state index in [1.54, 1.807) is 24.3 Å². The van der Waals surface area contributed by atoms with Gasteiger partial charge in [-0.25, -0.2) is 0 Å². The van der Waals surface area contributed by atoms with E-state index in [9.17, 15) is 19.2 Å². The first kappa shape index (κ1) is 16.0. The molecule has 0 spiro atoms. The van der Waals surface area contributed by atoms with Crippen molar-refractivity contribution < 1.29 is 19.2 Å². The van der Waals surface area contributed by atoms with Gasteiger partial charge in [0.05, 0.1) is 17.8 Å². The molecule has 8 heteroatoms. The number of fused-ring (bicyclic) bond motifs is 1. The van der Waals surface area contributed by atoms with E-state index in [1.165, 1.54) is 4.90 Å². The maximum atomic E-state index is 12.2. The van der Waals surface area contributed by atoms with Gasteiger partial charge in [0.15, 0.2) is 0 Å². The van der Waals surface area contributed by atoms with Crippen molar-refractivity contribution in [2.24, 2.45) is 0 Å². The fraction of sp³-hybridized carbons (Fsp3) is 0.375. The number of amides is 4. The summed E-state index contributed by atoms with van der Waals surface area (Å²) in [6, 6.07) is 5.96. The zero-order chi connectivity index (χ0) is 17.1. The average Bonchev–Trinajstić information content (AvgIpc) is 2.69. The summed E-state index contributed by atoms with van der Waals surface area (Å²) in [7, 11) is 0. The third-order valence-electron chi connectivity index (χ3n) is 4.09. The number of carbonyl (C=O) groups excluding carboxylic acids is 4. The van der Waals surface area contributed by atoms with Crippen LogP contribution in [0.4, 0.5) is 5.69 Å². The van der Waals surface area contributed by atoms with Crippen LogP contribution in [0.1, 0.15) is 23.2 Å². The molecule has 2 aliphatic rings. The van der Waals surface area contributed by atoms with Crippen LogP contribution in [0.3, 0.4) is 0 Å². The maximum absolute atomic E-state index is 12.2. The summed E-state index contributed by atoms with van der Waals surface area (Å²) in [5, 5.41) is 8.00. The van der Waals surface area contributed by atoms with Crippen LogP contribution in [-0.4, -0.2) is 54.2 Å². The predicted octanol–water partition coefficient (Wildman–Crippen LogP) is -0.524. The summed E-state index contributed by atoms with van der Waals surface area (Å²) in [5.41, 5.74) is 0.855. The second-order valence-electron chi connectivity index (χ2n) is 5.76. The Morgan fingerprint density at radius 2 is 2.00 bits per heavy atom. The second kappa shape index (κ2) is 6.69. The van der Waals surface area contributed by atoms with Crippen LogP contribution in [0, 0.1) is 0 Å². The Bertz CT molecular complexity index is 703. The van der Waals surface area contributed by atoms with Crippen molar-refractivity contribution in [3.63, 3.8) is 0 Å². The SMILES string of the molecule is O=C1CN(C(=O)CCC2NC(=O)c3ccccc3NC2=O)CCN1. The van der Waals surface area contributed by atoms with Crippen LogP contribution in [0.5, 0.6) is 0 Å². The molecule has 3 N–H and O–H groups in total. The Morgan fingerprint density at radius 1 is 1.21 bits per heavy atom. The summed E-state index contributed by atoms with van der Waals surface area (Å²) < 4.78 is 0. The van der Waals surface area contributed by atoms with Crippen molar-refractivity contribution in [1.82, 2.24) is 15.5 Å². The molecule has 1 unspecified atom stereocenters. The number of hydrogen-bond donors (Lipinski definition) is 3. The Hall–Kier alpha value is -2.90. The first-order chi connectivity index (χ1) is 11.5. The van der Waals surface area contributed by atoms with Crippen molar-refractivity contribution in [2.45, 2.75) is 18.9 Å². The predicted molar refractivity (Wildman–Crippen MR) is 85.1 cm³/mol. The number of nitrogens with one attached hydrogen (secondary N) is 3. The van der Waals surface area contributed by atoms with Gasteiger partial charge < -0.3 is 20.9 Å². The van der Waals surface area contributed by atoms with E-state index in [0.29, 0.717) is 24.3 Å². The van der Waals surface area contributed by atoms with Gasteiger partial charge in [-0.05, 0) is 18.6 Å². The van der Waals surface area contributed by atoms with Gasteiger partial charge in [-0.1, -0.05) is 12.1 Å². The van der Waals surface area contributed by atoms with Crippen molar-refractivity contribution in [3.8, 4) is 0 Å². The Morgan fingerprint density at radius 3 is 2.79 bits per heavy atom. The molecule has 0 aliphatic carbocycles. The minimum absolute atomic E-state index is 0.0352. The molecular weight excluding hydrogens is 312 g/mol. The number of rotatable bonds is 3. The molecular formula is C16H18N4O4. The fourth-order valence-corrected chi connectivity index (χ4v) is 2.79. The number of nitrogens with zero attached hydrogens (tertiary/aromatic N) is 1. The largest absolute Gasteiger partial charge is 0.353 e. The molecule has 0 aromatic heterocycles. The van der Waals surface area contributed by atoms with Crippen molar-refractivity contribution in [1.29, 1.82) is 0 Å². The van der Waals surface area contributed by atoms with E-state index in [1.807, 2.05) is 0 Å². The monoisotopic (exact) mass is 330 g/mol. The van der Waals surface area contributed by atoms with E-state index in [-0.39, 0.29) is 43.0 Å². The summed E-state index contributed by atoms with van der Waals surface area (Å²) in [4.78, 5) is 49.4. The molecule has 3 rings (SSSR count). The summed E-state index contributed by atoms with van der Waals surface area (Å²) in [6.07, 6.45) is 0.268. The van der Waals surface area contributed by atoms with Gasteiger partial charge in [-0.15, -0.1) is 0 Å². The molecule has 1 aromatic carbocycles. The Balaban J connectivity index is 1.61. The first-order valence-electron chi connectivity index (χ1n) is 7.80. The smallest absolute Gasteiger partial charge is 0.254 e. The lowest BCUT2D eigenvalue weighted by Gasteiger charge is -2.27. The van der Waals surface area contributed by atoms with Crippen LogP contribution in [0.25, 0.3) is 0 Å². The van der Waals surface area contributed by atoms with E-state index >= 15 is 0 Å². The Labute approximate surface area is 138 Å². The highest BCUT2D eigenvalue weighted by Gasteiger charge is 2.29. The quantitative estimate of drug-likeness (QED) is 0.693. The van der Waals surface area contributed by atoms with Gasteiger partial charge in [0.25, 0.3) is 5.91 Å². The van der Waals surface area contributed by atoms with Crippen molar-refractivity contribution in [2.75, 3.05) is 25.0 Å². The van der Waals surface area contributed by atoms with Gasteiger partial charge in [-0.3, -0.25) is 19.2 Å². The molecule has 0 bridgehead atoms. The van der Waals surface area contributed by atoms with E-state index in [2.05, 4.69) is 16.0 Å². The molecule has 0 saturated carbocycles. The molecule has 1 saturated heterocycles. The molecule has 2 heterocycles. The first-order valence-corrected chi connectivity index (χ1v) is 7.80. The third kappa shape index (κ3) is 3.37. The van der Waals surface area contributed by atoms with E-state index < -0.39 is 6.04 Å². The molecule has 4 amide bonds. The molecule has 2 aliphatic heterocycles. The number of para-hydroxylation sites is 1.